The van der Waals surface area contributed by atoms with E-state index in [1.165, 1.54) is 7.05 Å². The second-order valence-corrected chi connectivity index (χ2v) is 6.94. The zero-order valence-corrected chi connectivity index (χ0v) is 12.8. The fraction of sp³-hybridized carbons (Fsp3) is 0.286. The van der Waals surface area contributed by atoms with Gasteiger partial charge < -0.3 is 9.12 Å². The van der Waals surface area contributed by atoms with E-state index in [-0.39, 0.29) is 11.4 Å². The van der Waals surface area contributed by atoms with Gasteiger partial charge in [-0.3, -0.25) is 0 Å². The van der Waals surface area contributed by atoms with Crippen LogP contribution < -0.4 is 0 Å². The second-order valence-electron chi connectivity index (χ2n) is 4.90. The Hall–Kier alpha value is -1.64. The number of aromatic nitrogens is 1. The SMILES string of the molecule is CN(Cc1cccn1C)[S+](=O)([O-])c1cccc(C(F)(F)F)c1. The number of benzene rings is 1. The molecule has 0 fully saturated rings. The molecule has 8 heteroatoms. The fourth-order valence-corrected chi connectivity index (χ4v) is 3.18. The van der Waals surface area contributed by atoms with Gasteiger partial charge in [-0.2, -0.15) is 13.2 Å². The predicted octanol–water partition coefficient (Wildman–Crippen LogP) is 3.08. The van der Waals surface area contributed by atoms with Crippen molar-refractivity contribution in [2.75, 3.05) is 7.05 Å². The first-order chi connectivity index (χ1) is 10.1. The van der Waals surface area contributed by atoms with Gasteiger partial charge in [-0.1, -0.05) is 10.3 Å². The molecule has 1 heterocycles. The molecule has 0 spiro atoms. The van der Waals surface area contributed by atoms with E-state index in [1.54, 1.807) is 29.9 Å². The maximum Gasteiger partial charge on any atom is 0.416 e. The van der Waals surface area contributed by atoms with Crippen molar-refractivity contribution in [1.82, 2.24) is 8.87 Å². The van der Waals surface area contributed by atoms with Crippen LogP contribution in [-0.2, 0) is 34.4 Å². The quantitative estimate of drug-likeness (QED) is 0.808. The molecule has 4 nitrogen and oxygen atoms in total. The number of sulfonamides is 1. The van der Waals surface area contributed by atoms with E-state index in [0.29, 0.717) is 6.07 Å². The maximum atomic E-state index is 12.7. The first-order valence-electron chi connectivity index (χ1n) is 6.36. The van der Waals surface area contributed by atoms with Crippen LogP contribution in [0.4, 0.5) is 13.2 Å². The van der Waals surface area contributed by atoms with Crippen molar-refractivity contribution >= 4 is 10.4 Å². The molecule has 1 unspecified atom stereocenters. The van der Waals surface area contributed by atoms with Crippen LogP contribution in [0, 0.1) is 0 Å². The molecule has 0 aliphatic rings. The third-order valence-electron chi connectivity index (χ3n) is 3.31. The molecule has 1 aromatic carbocycles. The average molecular weight is 332 g/mol. The van der Waals surface area contributed by atoms with Crippen molar-refractivity contribution in [3.05, 3.63) is 53.9 Å². The second kappa shape index (κ2) is 5.86. The van der Waals surface area contributed by atoms with Gasteiger partial charge in [-0.05, 0) is 24.3 Å². The molecular formula is C14H15F3N2O2S. The molecule has 120 valence electrons. The maximum absolute atomic E-state index is 12.7. The lowest BCUT2D eigenvalue weighted by Crippen LogP contribution is -2.33. The Labute approximate surface area is 127 Å². The Morgan fingerprint density at radius 1 is 1.27 bits per heavy atom. The smallest absolute Gasteiger partial charge is 0.416 e. The standard InChI is InChI=1S/C14H15F3N2O2S/c1-18-8-4-6-12(18)10-19(2)22(20,21)13-7-3-5-11(9-13)14(15,16)17/h3-9H,10H2,1-2H3. The third kappa shape index (κ3) is 3.40. The lowest BCUT2D eigenvalue weighted by Gasteiger charge is -2.24. The fourth-order valence-electron chi connectivity index (χ4n) is 1.99. The van der Waals surface area contributed by atoms with Crippen LogP contribution in [0.5, 0.6) is 0 Å². The van der Waals surface area contributed by atoms with Gasteiger partial charge >= 0.3 is 6.18 Å². The Bertz CT molecular complexity index is 712. The van der Waals surface area contributed by atoms with Crippen LogP contribution in [0.3, 0.4) is 0 Å². The van der Waals surface area contributed by atoms with E-state index < -0.39 is 22.1 Å². The van der Waals surface area contributed by atoms with Gasteiger partial charge in [-0.15, -0.1) is 4.31 Å². The summed E-state index contributed by atoms with van der Waals surface area (Å²) in [6.45, 7) is 0.0715. The van der Waals surface area contributed by atoms with Crippen molar-refractivity contribution in [3.63, 3.8) is 0 Å². The molecule has 0 aliphatic heterocycles. The van der Waals surface area contributed by atoms with Crippen LogP contribution in [0.15, 0.2) is 47.5 Å². The highest BCUT2D eigenvalue weighted by molar-refractivity contribution is 7.95. The zero-order chi connectivity index (χ0) is 16.5. The molecule has 0 saturated carbocycles. The summed E-state index contributed by atoms with van der Waals surface area (Å²) in [5.74, 6) is 0. The molecule has 0 radical (unpaired) electrons. The minimum atomic E-state index is -4.58. The summed E-state index contributed by atoms with van der Waals surface area (Å²) < 4.78 is 65.7. The Kier molecular flexibility index (Phi) is 4.46. The highest BCUT2D eigenvalue weighted by Gasteiger charge is 2.34. The van der Waals surface area contributed by atoms with Crippen molar-refractivity contribution in [3.8, 4) is 0 Å². The Morgan fingerprint density at radius 2 is 1.95 bits per heavy atom. The number of nitrogens with zero attached hydrogens (tertiary/aromatic N) is 2. The van der Waals surface area contributed by atoms with Gasteiger partial charge in [0.15, 0.2) is 15.3 Å². The molecule has 0 aliphatic carbocycles. The molecule has 22 heavy (non-hydrogen) atoms. The van der Waals surface area contributed by atoms with Crippen molar-refractivity contribution < 1.29 is 21.9 Å². The normalized spacial score (nSPS) is 15.0. The minimum absolute atomic E-state index is 0.0715. The number of aryl methyl sites for hydroxylation is 1. The minimum Gasteiger partial charge on any atom is -0.593 e. The summed E-state index contributed by atoms with van der Waals surface area (Å²) >= 11 is 0. The van der Waals surface area contributed by atoms with E-state index in [0.717, 1.165) is 28.2 Å². The topological polar surface area (TPSA) is 48.3 Å². The molecule has 1 atom stereocenters. The molecular weight excluding hydrogens is 317 g/mol. The summed E-state index contributed by atoms with van der Waals surface area (Å²) in [5, 5.41) is 0. The highest BCUT2D eigenvalue weighted by atomic mass is 32.3. The molecule has 2 aromatic rings. The van der Waals surface area contributed by atoms with E-state index in [4.69, 9.17) is 0 Å². The van der Waals surface area contributed by atoms with Crippen LogP contribution in [0.1, 0.15) is 11.3 Å². The van der Waals surface area contributed by atoms with Crippen molar-refractivity contribution in [2.45, 2.75) is 17.6 Å². The molecule has 1 aromatic heterocycles. The van der Waals surface area contributed by atoms with E-state index in [2.05, 4.69) is 0 Å². The molecule has 0 saturated heterocycles. The van der Waals surface area contributed by atoms with Gasteiger partial charge in [0.05, 0.1) is 12.1 Å². The molecule has 0 amide bonds. The highest BCUT2D eigenvalue weighted by Crippen LogP contribution is 2.32. The van der Waals surface area contributed by atoms with Crippen LogP contribution >= 0.6 is 0 Å². The summed E-state index contributed by atoms with van der Waals surface area (Å²) in [5.41, 5.74) is -0.251. The van der Waals surface area contributed by atoms with E-state index in [9.17, 15) is 21.9 Å². The first kappa shape index (κ1) is 16.7. The van der Waals surface area contributed by atoms with Crippen molar-refractivity contribution in [1.29, 1.82) is 0 Å². The van der Waals surface area contributed by atoms with Crippen LogP contribution in [0.25, 0.3) is 0 Å². The van der Waals surface area contributed by atoms with Crippen LogP contribution in [-0.4, -0.2) is 20.5 Å². The first-order valence-corrected chi connectivity index (χ1v) is 7.80. The Morgan fingerprint density at radius 3 is 2.50 bits per heavy atom. The van der Waals surface area contributed by atoms with Gasteiger partial charge in [0.25, 0.3) is 0 Å². The third-order valence-corrected chi connectivity index (χ3v) is 5.10. The van der Waals surface area contributed by atoms with Gasteiger partial charge in [0, 0.05) is 32.1 Å². The largest absolute Gasteiger partial charge is 0.593 e. The summed E-state index contributed by atoms with van der Waals surface area (Å²) in [7, 11) is -0.895. The zero-order valence-electron chi connectivity index (χ0n) is 12.0. The number of halogens is 3. The van der Waals surface area contributed by atoms with E-state index in [1.807, 2.05) is 0 Å². The predicted molar refractivity (Wildman–Crippen MR) is 75.4 cm³/mol. The van der Waals surface area contributed by atoms with Gasteiger partial charge in [-0.25, -0.2) is 0 Å². The lowest BCUT2D eigenvalue weighted by atomic mass is 10.2. The number of hydrogen-bond donors (Lipinski definition) is 0. The number of hydrogen-bond acceptors (Lipinski definition) is 2. The molecule has 0 bridgehead atoms. The molecule has 2 rings (SSSR count). The van der Waals surface area contributed by atoms with Crippen molar-refractivity contribution in [2.24, 2.45) is 7.05 Å². The van der Waals surface area contributed by atoms with Gasteiger partial charge in [0.2, 0.25) is 0 Å². The lowest BCUT2D eigenvalue weighted by molar-refractivity contribution is -0.137. The van der Waals surface area contributed by atoms with E-state index >= 15 is 0 Å². The Balaban J connectivity index is 2.30. The summed E-state index contributed by atoms with van der Waals surface area (Å²) in [6, 6.07) is 7.25. The average Bonchev–Trinajstić information content (AvgIpc) is 2.83. The monoisotopic (exact) mass is 332 g/mol. The van der Waals surface area contributed by atoms with Crippen LogP contribution in [0.2, 0.25) is 0 Å². The number of rotatable bonds is 4. The summed E-state index contributed by atoms with van der Waals surface area (Å²) in [4.78, 5) is -0.376. The molecule has 0 N–H and O–H groups in total. The summed E-state index contributed by atoms with van der Waals surface area (Å²) in [6.07, 6.45) is -2.82. The number of alkyl halides is 3. The van der Waals surface area contributed by atoms with Gasteiger partial charge in [0.1, 0.15) is 0 Å².